The van der Waals surface area contributed by atoms with Crippen molar-refractivity contribution >= 4 is 6.03 Å². The van der Waals surface area contributed by atoms with Gasteiger partial charge >= 0.3 is 6.03 Å². The average Bonchev–Trinajstić information content (AvgIpc) is 3.13. The Morgan fingerprint density at radius 2 is 2.08 bits per heavy atom. The van der Waals surface area contributed by atoms with Gasteiger partial charge in [-0.05, 0) is 31.4 Å². The first kappa shape index (κ1) is 18.0. The van der Waals surface area contributed by atoms with Gasteiger partial charge in [-0.3, -0.25) is 4.90 Å². The van der Waals surface area contributed by atoms with Crippen LogP contribution in [0.2, 0.25) is 0 Å². The highest BCUT2D eigenvalue weighted by atomic mass is 16.5. The summed E-state index contributed by atoms with van der Waals surface area (Å²) in [5.41, 5.74) is 1.11. The lowest BCUT2D eigenvalue weighted by Gasteiger charge is -2.35. The Balaban J connectivity index is 1.30. The molecule has 1 atom stereocenters. The summed E-state index contributed by atoms with van der Waals surface area (Å²) in [5.74, 6) is 0.875. The maximum Gasteiger partial charge on any atom is 0.317 e. The largest absolute Gasteiger partial charge is 0.491 e. The number of urea groups is 1. The third-order valence-corrected chi connectivity index (χ3v) is 4.87. The predicted molar refractivity (Wildman–Crippen MR) is 97.1 cm³/mol. The number of hydrogen-bond acceptors (Lipinski definition) is 4. The Bertz CT molecular complexity index is 553. The molecule has 2 heterocycles. The van der Waals surface area contributed by atoms with E-state index >= 15 is 0 Å². The molecular formula is C19H29N3O3. The minimum absolute atomic E-state index is 0.00477. The molecular weight excluding hydrogens is 318 g/mol. The van der Waals surface area contributed by atoms with Crippen LogP contribution in [0.25, 0.3) is 0 Å². The smallest absolute Gasteiger partial charge is 0.317 e. The fraction of sp³-hybridized carbons (Fsp3) is 0.632. The van der Waals surface area contributed by atoms with Crippen LogP contribution in [-0.2, 0) is 4.74 Å². The highest BCUT2D eigenvalue weighted by molar-refractivity contribution is 5.74. The van der Waals surface area contributed by atoms with Gasteiger partial charge in [0.2, 0.25) is 0 Å². The van der Waals surface area contributed by atoms with E-state index in [9.17, 15) is 4.79 Å². The number of carbonyl (C=O) groups excluding carboxylic acids is 1. The van der Waals surface area contributed by atoms with Crippen molar-refractivity contribution in [1.29, 1.82) is 0 Å². The number of carbonyl (C=O) groups is 1. The zero-order valence-corrected chi connectivity index (χ0v) is 15.1. The molecule has 2 fully saturated rings. The third kappa shape index (κ3) is 5.34. The molecule has 1 unspecified atom stereocenters. The fourth-order valence-electron chi connectivity index (χ4n) is 3.36. The number of aryl methyl sites for hydroxylation is 1. The number of ether oxygens (including phenoxy) is 2. The van der Waals surface area contributed by atoms with Gasteiger partial charge in [0.05, 0.1) is 12.6 Å². The summed E-state index contributed by atoms with van der Waals surface area (Å²) in [5, 5.41) is 2.95. The summed E-state index contributed by atoms with van der Waals surface area (Å²) in [7, 11) is 0. The maximum absolute atomic E-state index is 12.2. The van der Waals surface area contributed by atoms with Gasteiger partial charge in [-0.15, -0.1) is 0 Å². The first-order chi connectivity index (χ1) is 12.2. The number of hydrogen-bond donors (Lipinski definition) is 1. The Kier molecular flexibility index (Phi) is 6.53. The molecule has 0 radical (unpaired) electrons. The van der Waals surface area contributed by atoms with E-state index in [0.717, 1.165) is 50.6 Å². The highest BCUT2D eigenvalue weighted by Crippen LogP contribution is 2.16. The molecule has 0 spiro atoms. The van der Waals surface area contributed by atoms with Gasteiger partial charge < -0.3 is 19.7 Å². The van der Waals surface area contributed by atoms with E-state index in [1.165, 1.54) is 12.8 Å². The molecule has 2 aliphatic heterocycles. The van der Waals surface area contributed by atoms with Crippen molar-refractivity contribution < 1.29 is 14.3 Å². The van der Waals surface area contributed by atoms with E-state index in [-0.39, 0.29) is 6.03 Å². The maximum atomic E-state index is 12.2. The second kappa shape index (κ2) is 9.06. The van der Waals surface area contributed by atoms with E-state index in [0.29, 0.717) is 19.3 Å². The summed E-state index contributed by atoms with van der Waals surface area (Å²) in [6.07, 6.45) is 2.73. The number of nitrogens with zero attached hydrogens (tertiary/aromatic N) is 2. The molecule has 3 rings (SSSR count). The number of rotatable bonds is 6. The molecule has 0 aliphatic carbocycles. The van der Waals surface area contributed by atoms with Gasteiger partial charge in [-0.25, -0.2) is 4.79 Å². The molecule has 6 heteroatoms. The van der Waals surface area contributed by atoms with Gasteiger partial charge in [0.1, 0.15) is 12.4 Å². The number of para-hydroxylation sites is 1. The number of nitrogens with one attached hydrogen (secondary N) is 1. The van der Waals surface area contributed by atoms with Crippen LogP contribution in [0.5, 0.6) is 5.75 Å². The zero-order chi connectivity index (χ0) is 17.5. The van der Waals surface area contributed by atoms with Gasteiger partial charge in [-0.1, -0.05) is 18.2 Å². The van der Waals surface area contributed by atoms with Crippen molar-refractivity contribution in [2.24, 2.45) is 0 Å². The second-order valence-corrected chi connectivity index (χ2v) is 6.77. The molecule has 0 aromatic heterocycles. The SMILES string of the molecule is Cc1ccccc1OCCNC(=O)N1CCN(CC2CCCO2)CC1. The Labute approximate surface area is 150 Å². The number of amides is 2. The number of piperazine rings is 1. The molecule has 2 aliphatic rings. The van der Waals surface area contributed by atoms with Crippen LogP contribution >= 0.6 is 0 Å². The van der Waals surface area contributed by atoms with Crippen LogP contribution < -0.4 is 10.1 Å². The topological polar surface area (TPSA) is 54.0 Å². The average molecular weight is 347 g/mol. The summed E-state index contributed by atoms with van der Waals surface area (Å²) in [6.45, 7) is 8.31. The lowest BCUT2D eigenvalue weighted by Crippen LogP contribution is -2.53. The second-order valence-electron chi connectivity index (χ2n) is 6.77. The van der Waals surface area contributed by atoms with E-state index in [4.69, 9.17) is 9.47 Å². The summed E-state index contributed by atoms with van der Waals surface area (Å²) >= 11 is 0. The standard InChI is InChI=1S/C19H29N3O3/c1-16-5-2-3-7-18(16)25-14-8-20-19(23)22-11-9-21(10-12-22)15-17-6-4-13-24-17/h2-3,5,7,17H,4,6,8-15H2,1H3,(H,20,23). The third-order valence-electron chi connectivity index (χ3n) is 4.87. The van der Waals surface area contributed by atoms with E-state index in [1.54, 1.807) is 0 Å². The molecule has 25 heavy (non-hydrogen) atoms. The van der Waals surface area contributed by atoms with E-state index < -0.39 is 0 Å². The lowest BCUT2D eigenvalue weighted by atomic mass is 10.2. The quantitative estimate of drug-likeness (QED) is 0.799. The monoisotopic (exact) mass is 347 g/mol. The first-order valence-corrected chi connectivity index (χ1v) is 9.27. The van der Waals surface area contributed by atoms with Crippen LogP contribution in [0.3, 0.4) is 0 Å². The van der Waals surface area contributed by atoms with Crippen LogP contribution in [0.4, 0.5) is 4.79 Å². The summed E-state index contributed by atoms with van der Waals surface area (Å²) in [6, 6.07) is 7.92. The van der Waals surface area contributed by atoms with Gasteiger partial charge in [-0.2, -0.15) is 0 Å². The molecule has 2 amide bonds. The van der Waals surface area contributed by atoms with Crippen molar-refractivity contribution in [3.63, 3.8) is 0 Å². The van der Waals surface area contributed by atoms with Crippen molar-refractivity contribution in [2.75, 3.05) is 52.5 Å². The molecule has 1 aromatic rings. The van der Waals surface area contributed by atoms with Crippen LogP contribution in [-0.4, -0.2) is 74.4 Å². The van der Waals surface area contributed by atoms with Crippen LogP contribution in [0, 0.1) is 6.92 Å². The summed E-state index contributed by atoms with van der Waals surface area (Å²) in [4.78, 5) is 16.5. The molecule has 0 saturated carbocycles. The van der Waals surface area contributed by atoms with E-state index in [1.807, 2.05) is 36.1 Å². The van der Waals surface area contributed by atoms with Crippen LogP contribution in [0.1, 0.15) is 18.4 Å². The van der Waals surface area contributed by atoms with E-state index in [2.05, 4.69) is 10.2 Å². The van der Waals surface area contributed by atoms with Crippen molar-refractivity contribution in [3.8, 4) is 5.75 Å². The highest BCUT2D eigenvalue weighted by Gasteiger charge is 2.24. The zero-order valence-electron chi connectivity index (χ0n) is 15.1. The van der Waals surface area contributed by atoms with Crippen molar-refractivity contribution in [3.05, 3.63) is 29.8 Å². The first-order valence-electron chi connectivity index (χ1n) is 9.27. The molecule has 1 aromatic carbocycles. The van der Waals surface area contributed by atoms with Crippen molar-refractivity contribution in [1.82, 2.24) is 15.1 Å². The van der Waals surface area contributed by atoms with Gasteiger partial charge in [0.15, 0.2) is 0 Å². The molecule has 1 N–H and O–H groups in total. The van der Waals surface area contributed by atoms with Gasteiger partial charge in [0.25, 0.3) is 0 Å². The molecule has 0 bridgehead atoms. The predicted octanol–water partition coefficient (Wildman–Crippen LogP) is 1.88. The fourth-order valence-corrected chi connectivity index (χ4v) is 3.36. The minimum Gasteiger partial charge on any atom is -0.491 e. The number of benzene rings is 1. The normalized spacial score (nSPS) is 21.3. The Hall–Kier alpha value is -1.79. The van der Waals surface area contributed by atoms with Crippen molar-refractivity contribution in [2.45, 2.75) is 25.9 Å². The lowest BCUT2D eigenvalue weighted by molar-refractivity contribution is 0.0560. The van der Waals surface area contributed by atoms with Gasteiger partial charge in [0, 0.05) is 39.3 Å². The minimum atomic E-state index is 0.00477. The molecule has 6 nitrogen and oxygen atoms in total. The Morgan fingerprint density at radius 1 is 1.28 bits per heavy atom. The molecule has 138 valence electrons. The van der Waals surface area contributed by atoms with Crippen LogP contribution in [0.15, 0.2) is 24.3 Å². The summed E-state index contributed by atoms with van der Waals surface area (Å²) < 4.78 is 11.4. The molecule has 2 saturated heterocycles. The Morgan fingerprint density at radius 3 is 2.80 bits per heavy atom.